The van der Waals surface area contributed by atoms with Gasteiger partial charge in [0.25, 0.3) is 0 Å². The molecule has 1 N–H and O–H groups in total. The van der Waals surface area contributed by atoms with Gasteiger partial charge in [-0.15, -0.1) is 0 Å². The molecule has 2 amide bonds. The predicted molar refractivity (Wildman–Crippen MR) is 91.6 cm³/mol. The van der Waals surface area contributed by atoms with Gasteiger partial charge in [0.15, 0.2) is 0 Å². The molecular formula is C19H20N2O3. The van der Waals surface area contributed by atoms with Crippen molar-refractivity contribution in [1.82, 2.24) is 4.90 Å². The fourth-order valence-electron chi connectivity index (χ4n) is 2.82. The van der Waals surface area contributed by atoms with E-state index in [1.807, 2.05) is 54.6 Å². The number of benzene rings is 2. The molecule has 124 valence electrons. The summed E-state index contributed by atoms with van der Waals surface area (Å²) in [5.74, 6) is 0.383. The Labute approximate surface area is 141 Å². The molecule has 0 unspecified atom stereocenters. The number of anilines is 1. The highest BCUT2D eigenvalue weighted by Crippen LogP contribution is 2.22. The van der Waals surface area contributed by atoms with E-state index in [9.17, 15) is 9.59 Å². The Morgan fingerprint density at radius 1 is 1.17 bits per heavy atom. The molecule has 1 aliphatic rings. The van der Waals surface area contributed by atoms with Crippen molar-refractivity contribution in [2.24, 2.45) is 5.92 Å². The third-order valence-corrected chi connectivity index (χ3v) is 4.16. The van der Waals surface area contributed by atoms with Crippen LogP contribution in [0.5, 0.6) is 5.75 Å². The van der Waals surface area contributed by atoms with E-state index in [4.69, 9.17) is 4.74 Å². The lowest BCUT2D eigenvalue weighted by atomic mass is 10.1. The summed E-state index contributed by atoms with van der Waals surface area (Å²) in [6.45, 7) is 0.960. The SMILES string of the molecule is COc1ccc(CN2C[C@H](C(=O)Nc3ccccc3)CC2=O)cc1. The third-order valence-electron chi connectivity index (χ3n) is 4.16. The summed E-state index contributed by atoms with van der Waals surface area (Å²) in [4.78, 5) is 26.3. The fraction of sp³-hybridized carbons (Fsp3) is 0.263. The van der Waals surface area contributed by atoms with Gasteiger partial charge < -0.3 is 15.0 Å². The Morgan fingerprint density at radius 3 is 2.54 bits per heavy atom. The summed E-state index contributed by atoms with van der Waals surface area (Å²) < 4.78 is 5.13. The normalized spacial score (nSPS) is 17.0. The molecule has 1 saturated heterocycles. The largest absolute Gasteiger partial charge is 0.497 e. The molecule has 0 aromatic heterocycles. The van der Waals surface area contributed by atoms with Crippen LogP contribution in [-0.2, 0) is 16.1 Å². The first-order chi connectivity index (χ1) is 11.7. The molecule has 1 fully saturated rings. The molecule has 1 heterocycles. The number of hydrogen-bond donors (Lipinski definition) is 1. The van der Waals surface area contributed by atoms with E-state index in [0.29, 0.717) is 13.1 Å². The van der Waals surface area contributed by atoms with Crippen molar-refractivity contribution in [2.45, 2.75) is 13.0 Å². The van der Waals surface area contributed by atoms with Crippen LogP contribution in [0.3, 0.4) is 0 Å². The van der Waals surface area contributed by atoms with E-state index in [0.717, 1.165) is 17.0 Å². The lowest BCUT2D eigenvalue weighted by Crippen LogP contribution is -2.28. The standard InChI is InChI=1S/C19H20N2O3/c1-24-17-9-7-14(8-10-17)12-21-13-15(11-18(21)22)19(23)20-16-5-3-2-4-6-16/h2-10,15H,11-13H2,1H3,(H,20,23)/t15-/m1/s1. The average Bonchev–Trinajstić information content (AvgIpc) is 2.97. The number of likely N-dealkylation sites (tertiary alicyclic amines) is 1. The van der Waals surface area contributed by atoms with Crippen LogP contribution in [0.15, 0.2) is 54.6 Å². The van der Waals surface area contributed by atoms with Gasteiger partial charge >= 0.3 is 0 Å². The van der Waals surface area contributed by atoms with Crippen LogP contribution in [0.1, 0.15) is 12.0 Å². The van der Waals surface area contributed by atoms with Crippen LogP contribution in [0.25, 0.3) is 0 Å². The maximum atomic E-state index is 12.3. The smallest absolute Gasteiger partial charge is 0.229 e. The fourth-order valence-corrected chi connectivity index (χ4v) is 2.82. The molecule has 0 saturated carbocycles. The number of hydrogen-bond acceptors (Lipinski definition) is 3. The van der Waals surface area contributed by atoms with E-state index in [-0.39, 0.29) is 24.2 Å². The third kappa shape index (κ3) is 3.74. The van der Waals surface area contributed by atoms with Crippen LogP contribution in [0.4, 0.5) is 5.69 Å². The number of carbonyl (C=O) groups excluding carboxylic acids is 2. The van der Waals surface area contributed by atoms with E-state index in [2.05, 4.69) is 5.32 Å². The Kier molecular flexibility index (Phi) is 4.79. The molecule has 5 heteroatoms. The molecule has 0 bridgehead atoms. The summed E-state index contributed by atoms with van der Waals surface area (Å²) in [5.41, 5.74) is 1.77. The Hall–Kier alpha value is -2.82. The highest BCUT2D eigenvalue weighted by Gasteiger charge is 2.34. The van der Waals surface area contributed by atoms with Gasteiger partial charge in [-0.05, 0) is 29.8 Å². The van der Waals surface area contributed by atoms with Gasteiger partial charge in [0.05, 0.1) is 13.0 Å². The van der Waals surface area contributed by atoms with Crippen LogP contribution in [0.2, 0.25) is 0 Å². The molecule has 2 aromatic rings. The first-order valence-electron chi connectivity index (χ1n) is 7.92. The average molecular weight is 324 g/mol. The zero-order valence-corrected chi connectivity index (χ0v) is 13.6. The number of ether oxygens (including phenoxy) is 1. The molecule has 24 heavy (non-hydrogen) atoms. The first-order valence-corrected chi connectivity index (χ1v) is 7.92. The lowest BCUT2D eigenvalue weighted by molar-refractivity contribution is -0.128. The highest BCUT2D eigenvalue weighted by molar-refractivity contribution is 5.97. The van der Waals surface area contributed by atoms with Crippen LogP contribution < -0.4 is 10.1 Å². The van der Waals surface area contributed by atoms with Gasteiger partial charge in [0.1, 0.15) is 5.75 Å². The minimum absolute atomic E-state index is 0.0130. The van der Waals surface area contributed by atoms with Crippen molar-refractivity contribution in [3.63, 3.8) is 0 Å². The number of para-hydroxylation sites is 1. The van der Waals surface area contributed by atoms with E-state index in [1.54, 1.807) is 12.0 Å². The zero-order chi connectivity index (χ0) is 16.9. The van der Waals surface area contributed by atoms with Crippen molar-refractivity contribution in [2.75, 3.05) is 19.0 Å². The summed E-state index contributed by atoms with van der Waals surface area (Å²) in [6, 6.07) is 16.9. The molecule has 0 aliphatic carbocycles. The molecule has 5 nitrogen and oxygen atoms in total. The summed E-state index contributed by atoms with van der Waals surface area (Å²) in [6.07, 6.45) is 0.259. The number of nitrogens with one attached hydrogen (secondary N) is 1. The summed E-state index contributed by atoms with van der Waals surface area (Å²) in [5, 5.41) is 2.87. The topological polar surface area (TPSA) is 58.6 Å². The quantitative estimate of drug-likeness (QED) is 0.920. The molecule has 3 rings (SSSR count). The second-order valence-corrected chi connectivity index (χ2v) is 5.88. The van der Waals surface area contributed by atoms with Crippen molar-refractivity contribution in [3.8, 4) is 5.75 Å². The van der Waals surface area contributed by atoms with Gasteiger partial charge in [-0.2, -0.15) is 0 Å². The maximum Gasteiger partial charge on any atom is 0.229 e. The number of amides is 2. The second kappa shape index (κ2) is 7.17. The van der Waals surface area contributed by atoms with Gasteiger partial charge in [-0.3, -0.25) is 9.59 Å². The molecular weight excluding hydrogens is 304 g/mol. The monoisotopic (exact) mass is 324 g/mol. The Bertz CT molecular complexity index is 713. The van der Waals surface area contributed by atoms with Crippen molar-refractivity contribution in [1.29, 1.82) is 0 Å². The number of nitrogens with zero attached hydrogens (tertiary/aromatic N) is 1. The van der Waals surface area contributed by atoms with Crippen LogP contribution in [-0.4, -0.2) is 30.4 Å². The van der Waals surface area contributed by atoms with Crippen molar-refractivity contribution < 1.29 is 14.3 Å². The minimum atomic E-state index is -0.309. The van der Waals surface area contributed by atoms with Gasteiger partial charge in [-0.25, -0.2) is 0 Å². The van der Waals surface area contributed by atoms with Crippen LogP contribution >= 0.6 is 0 Å². The predicted octanol–water partition coefficient (Wildman–Crippen LogP) is 2.68. The lowest BCUT2D eigenvalue weighted by Gasteiger charge is -2.17. The molecule has 1 aliphatic heterocycles. The molecule has 0 spiro atoms. The molecule has 1 atom stereocenters. The van der Waals surface area contributed by atoms with Gasteiger partial charge in [0, 0.05) is 25.2 Å². The number of methoxy groups -OCH3 is 1. The van der Waals surface area contributed by atoms with Crippen LogP contribution in [0, 0.1) is 5.92 Å². The number of rotatable bonds is 5. The van der Waals surface area contributed by atoms with Gasteiger partial charge in [-0.1, -0.05) is 30.3 Å². The first kappa shape index (κ1) is 16.1. The molecule has 0 radical (unpaired) electrons. The summed E-state index contributed by atoms with van der Waals surface area (Å²) in [7, 11) is 1.62. The highest BCUT2D eigenvalue weighted by atomic mass is 16.5. The Balaban J connectivity index is 1.59. The zero-order valence-electron chi connectivity index (χ0n) is 13.6. The minimum Gasteiger partial charge on any atom is -0.497 e. The number of carbonyl (C=O) groups is 2. The van der Waals surface area contributed by atoms with E-state index < -0.39 is 0 Å². The van der Waals surface area contributed by atoms with E-state index >= 15 is 0 Å². The van der Waals surface area contributed by atoms with Crippen molar-refractivity contribution in [3.05, 3.63) is 60.2 Å². The second-order valence-electron chi connectivity index (χ2n) is 5.88. The van der Waals surface area contributed by atoms with Gasteiger partial charge in [0.2, 0.25) is 11.8 Å². The maximum absolute atomic E-state index is 12.3. The molecule has 2 aromatic carbocycles. The Morgan fingerprint density at radius 2 is 1.88 bits per heavy atom. The van der Waals surface area contributed by atoms with E-state index in [1.165, 1.54) is 0 Å². The van der Waals surface area contributed by atoms with Crippen molar-refractivity contribution >= 4 is 17.5 Å². The summed E-state index contributed by atoms with van der Waals surface area (Å²) >= 11 is 0.